The lowest BCUT2D eigenvalue weighted by atomic mass is 9.91. The Balaban J connectivity index is -0.000000455. The molecule has 0 aromatic heterocycles. The lowest BCUT2D eigenvalue weighted by Gasteiger charge is -2.32. The van der Waals surface area contributed by atoms with E-state index in [9.17, 15) is 68.1 Å². The van der Waals surface area contributed by atoms with Gasteiger partial charge in [0.1, 0.15) is 32.0 Å². The zero-order valence-electron chi connectivity index (χ0n) is 74.7. The number of nitrogens with zero attached hydrogens (tertiary/aromatic N) is 1. The van der Waals surface area contributed by atoms with Gasteiger partial charge >= 0.3 is 59.7 Å². The standard InChI is InChI=1S/C24H48NO4.C24H44O6.C19H32O8.2C11H20O4/c1-5-7-8-9-10-11-12-13-14-15-18-25(3,4)21-23(26)22-28-19-16-17-20-29-24(27)6-2;1-6-9-14-20(7-2)19-30-22(26)15-11-10-12-17-28-21(25)16-13-18-29-23(27)24(4,5)8-3;1-4-15(3)19(23)26-10-8-6-7-9-18(22)27-14-16(20)13-24-11-12-25-17(21)5-2;2*1-3-9(2)11(14)15-8-6-4-5-7-10(12)13/h6,23,26H,2,5,7-22H2,1,3-4H3;20H,6-19H2,1-5H3;5,15-16,20H,2,4,6-14H2,1,3H3;2*9H,3-8H2,1-2H3,(H,12,13)/q+1;;;;/p-1. The van der Waals surface area contributed by atoms with Crippen LogP contribution in [0.15, 0.2) is 25.3 Å². The van der Waals surface area contributed by atoms with Crippen molar-refractivity contribution in [2.45, 2.75) is 339 Å². The van der Waals surface area contributed by atoms with Gasteiger partial charge in [0.15, 0.2) is 0 Å². The summed E-state index contributed by atoms with van der Waals surface area (Å²) in [5, 5.41) is 38.3. The number of carbonyl (C=O) groups excluding carboxylic acids is 10. The number of unbranched alkanes of at least 4 members (excludes halogenated alkanes) is 19. The number of aliphatic hydroxyl groups is 2. The second-order valence-corrected chi connectivity index (χ2v) is 30.9. The third-order valence-corrected chi connectivity index (χ3v) is 19.0. The molecule has 27 heteroatoms. The van der Waals surface area contributed by atoms with Gasteiger partial charge in [-0.1, -0.05) is 153 Å². The van der Waals surface area contributed by atoms with Gasteiger partial charge in [0, 0.05) is 50.4 Å². The molecular formula is C89H163NO26. The third kappa shape index (κ3) is 85.3. The minimum atomic E-state index is -1.02. The second kappa shape index (κ2) is 83.5. The molecule has 0 saturated heterocycles. The van der Waals surface area contributed by atoms with Gasteiger partial charge in [0.2, 0.25) is 0 Å². The van der Waals surface area contributed by atoms with E-state index in [1.807, 2.05) is 62.3 Å². The van der Waals surface area contributed by atoms with E-state index in [2.05, 4.69) is 48.0 Å². The number of rotatable bonds is 71. The summed E-state index contributed by atoms with van der Waals surface area (Å²) in [6.07, 6.45) is 33.7. The number of carboxylic acids is 2. The average Bonchev–Trinajstić information content (AvgIpc) is 0.904. The van der Waals surface area contributed by atoms with Crippen molar-refractivity contribution in [2.75, 3.05) is 113 Å². The van der Waals surface area contributed by atoms with Crippen LogP contribution in [0.5, 0.6) is 0 Å². The van der Waals surface area contributed by atoms with Crippen molar-refractivity contribution in [3.05, 3.63) is 25.3 Å². The number of carbonyl (C=O) groups is 11. The van der Waals surface area contributed by atoms with E-state index < -0.39 is 41.5 Å². The summed E-state index contributed by atoms with van der Waals surface area (Å²) in [4.78, 5) is 123. The van der Waals surface area contributed by atoms with Gasteiger partial charge < -0.3 is 81.8 Å². The highest BCUT2D eigenvalue weighted by atomic mass is 16.6. The maximum absolute atomic E-state index is 11.8. The van der Waals surface area contributed by atoms with Gasteiger partial charge in [-0.3, -0.25) is 38.4 Å². The van der Waals surface area contributed by atoms with E-state index in [4.69, 9.17) is 57.2 Å². The fourth-order valence-electron chi connectivity index (χ4n) is 10.1. The molecule has 0 aliphatic rings. The first-order valence-corrected chi connectivity index (χ1v) is 43.7. The first-order valence-electron chi connectivity index (χ1n) is 43.7. The summed E-state index contributed by atoms with van der Waals surface area (Å²) >= 11 is 0. The van der Waals surface area contributed by atoms with E-state index in [1.54, 1.807) is 0 Å². The molecule has 6 atom stereocenters. The molecule has 0 aromatic rings. The van der Waals surface area contributed by atoms with Gasteiger partial charge in [-0.15, -0.1) is 0 Å². The molecule has 3 N–H and O–H groups in total. The van der Waals surface area contributed by atoms with E-state index in [1.165, 1.54) is 83.1 Å². The van der Waals surface area contributed by atoms with Crippen LogP contribution in [0.1, 0.15) is 327 Å². The molecule has 0 aliphatic carbocycles. The van der Waals surface area contributed by atoms with Crippen LogP contribution in [-0.4, -0.2) is 211 Å². The number of likely N-dealkylation sites (N-methyl/N-ethyl adjacent to an activating group) is 1. The number of ether oxygens (including phenoxy) is 11. The van der Waals surface area contributed by atoms with Crippen LogP contribution >= 0.6 is 0 Å². The number of hydrogen-bond acceptors (Lipinski definition) is 25. The molecule has 0 heterocycles. The highest BCUT2D eigenvalue weighted by Crippen LogP contribution is 2.22. The minimum absolute atomic E-state index is 0.0273. The second-order valence-electron chi connectivity index (χ2n) is 30.9. The van der Waals surface area contributed by atoms with Crippen LogP contribution in [0.3, 0.4) is 0 Å². The van der Waals surface area contributed by atoms with Crippen LogP contribution in [-0.2, 0) is 105 Å². The van der Waals surface area contributed by atoms with Gasteiger partial charge in [-0.25, -0.2) is 9.59 Å². The average molecular weight is 1660 g/mol. The van der Waals surface area contributed by atoms with Crippen LogP contribution in [0.25, 0.3) is 0 Å². The first kappa shape index (κ1) is 118. The van der Waals surface area contributed by atoms with Crippen LogP contribution in [0.4, 0.5) is 0 Å². The maximum Gasteiger partial charge on any atom is 0.330 e. The molecular weight excluding hydrogens is 1500 g/mol. The zero-order valence-corrected chi connectivity index (χ0v) is 74.7. The predicted molar refractivity (Wildman–Crippen MR) is 447 cm³/mol. The molecule has 0 fully saturated rings. The number of quaternary nitrogens is 1. The van der Waals surface area contributed by atoms with Crippen molar-refractivity contribution in [2.24, 2.45) is 29.1 Å². The molecule has 0 aliphatic heterocycles. The molecule has 27 nitrogen and oxygen atoms in total. The Bertz CT molecular complexity index is 2450. The van der Waals surface area contributed by atoms with Gasteiger partial charge in [-0.2, -0.15) is 0 Å². The highest BCUT2D eigenvalue weighted by Gasteiger charge is 2.27. The molecule has 0 bridgehead atoms. The SMILES string of the molecule is C=CC(=O)OCCCCOCC(O)C[N+](C)(C)CCCCCCCCCCCC.C=CC(=O)OCCOCC(O)COC(=O)CCCCCOC(=O)C(C)CC.CCC(C)C(=O)OCCCCCC(=O)O.CCC(C)C(=O)OCCCCCC(=O)[O-].CCCCC(CC)COC(=O)CCCCCOC(=O)CCCOC(=O)C(C)(C)CC. The summed E-state index contributed by atoms with van der Waals surface area (Å²) in [5.41, 5.74) is -0.486. The van der Waals surface area contributed by atoms with Crippen molar-refractivity contribution in [3.8, 4) is 0 Å². The van der Waals surface area contributed by atoms with E-state index in [-0.39, 0.29) is 118 Å². The smallest absolute Gasteiger partial charge is 0.330 e. The molecule has 0 saturated carbocycles. The zero-order chi connectivity index (χ0) is 88.5. The van der Waals surface area contributed by atoms with Crippen molar-refractivity contribution >= 4 is 65.7 Å². The summed E-state index contributed by atoms with van der Waals surface area (Å²) < 4.78 is 56.9. The quantitative estimate of drug-likeness (QED) is 0.0167. The molecule has 116 heavy (non-hydrogen) atoms. The molecule has 0 radical (unpaired) electrons. The van der Waals surface area contributed by atoms with E-state index in [0.29, 0.717) is 110 Å². The Morgan fingerprint density at radius 3 is 1.21 bits per heavy atom. The van der Waals surface area contributed by atoms with Crippen LogP contribution in [0, 0.1) is 29.1 Å². The Morgan fingerprint density at radius 2 is 0.759 bits per heavy atom. The summed E-state index contributed by atoms with van der Waals surface area (Å²) in [6, 6.07) is 0. The summed E-state index contributed by atoms with van der Waals surface area (Å²) in [5.74, 6) is -3.98. The molecule has 6 unspecified atom stereocenters. The number of aliphatic hydroxyl groups excluding tert-OH is 2. The summed E-state index contributed by atoms with van der Waals surface area (Å²) in [6.45, 7) is 35.5. The maximum atomic E-state index is 11.8. The molecule has 0 spiro atoms. The van der Waals surface area contributed by atoms with E-state index >= 15 is 0 Å². The van der Waals surface area contributed by atoms with Gasteiger partial charge in [0.25, 0.3) is 0 Å². The number of carboxylic acid groups (broad SMARTS) is 2. The number of esters is 9. The fourth-order valence-corrected chi connectivity index (χ4v) is 10.1. The monoisotopic (exact) mass is 1660 g/mol. The van der Waals surface area contributed by atoms with Crippen LogP contribution in [0.2, 0.25) is 0 Å². The van der Waals surface area contributed by atoms with Crippen molar-refractivity contribution in [1.82, 2.24) is 0 Å². The lowest BCUT2D eigenvalue weighted by molar-refractivity contribution is -0.893. The van der Waals surface area contributed by atoms with Gasteiger partial charge in [0.05, 0.1) is 110 Å². The number of hydrogen-bond donors (Lipinski definition) is 3. The molecule has 0 amide bonds. The minimum Gasteiger partial charge on any atom is -0.550 e. The highest BCUT2D eigenvalue weighted by molar-refractivity contribution is 5.81. The Hall–Kier alpha value is -6.55. The summed E-state index contributed by atoms with van der Waals surface area (Å²) in [7, 11) is 4.37. The largest absolute Gasteiger partial charge is 0.550 e. The predicted octanol–water partition coefficient (Wildman–Crippen LogP) is 15.4. The lowest BCUT2D eigenvalue weighted by Crippen LogP contribution is -2.47. The Kier molecular flexibility index (Phi) is 84.9. The third-order valence-electron chi connectivity index (χ3n) is 19.0. The van der Waals surface area contributed by atoms with Crippen molar-refractivity contribution in [3.63, 3.8) is 0 Å². The fraction of sp³-hybridized carbons (Fsp3) is 0.831. The normalized spacial score (nSPS) is 12.4. The van der Waals surface area contributed by atoms with Gasteiger partial charge in [-0.05, 0) is 167 Å². The Labute approximate surface area is 699 Å². The molecule has 0 rings (SSSR count). The Morgan fingerprint density at radius 1 is 0.388 bits per heavy atom. The topological polar surface area (TPSA) is 373 Å². The molecule has 0 aromatic carbocycles. The number of aliphatic carboxylic acids is 2. The van der Waals surface area contributed by atoms with Crippen molar-refractivity contribution in [1.29, 1.82) is 0 Å². The molecule has 680 valence electrons. The van der Waals surface area contributed by atoms with E-state index in [0.717, 1.165) is 113 Å². The first-order chi connectivity index (χ1) is 55.2. The van der Waals surface area contributed by atoms with Crippen molar-refractivity contribution < 1.29 is 130 Å². The van der Waals surface area contributed by atoms with Crippen LogP contribution < -0.4 is 5.11 Å².